The van der Waals surface area contributed by atoms with Gasteiger partial charge < -0.3 is 5.73 Å². The van der Waals surface area contributed by atoms with Gasteiger partial charge in [0.25, 0.3) is 0 Å². The SMILES string of the molecule is C=CC(CCCC)CCC(C)(N)CC. The predicted molar refractivity (Wildman–Crippen MR) is 65.3 cm³/mol. The molecular weight excluding hydrogens is 170 g/mol. The zero-order valence-electron chi connectivity index (χ0n) is 10.2. The van der Waals surface area contributed by atoms with Gasteiger partial charge in [-0.1, -0.05) is 32.8 Å². The van der Waals surface area contributed by atoms with Gasteiger partial charge in [-0.25, -0.2) is 0 Å². The first-order valence-electron chi connectivity index (χ1n) is 5.97. The molecular formula is C13H27N. The van der Waals surface area contributed by atoms with Gasteiger partial charge >= 0.3 is 0 Å². The molecule has 0 spiro atoms. The summed E-state index contributed by atoms with van der Waals surface area (Å²) in [6.45, 7) is 10.4. The van der Waals surface area contributed by atoms with Crippen molar-refractivity contribution in [2.45, 2.75) is 64.8 Å². The highest BCUT2D eigenvalue weighted by atomic mass is 14.7. The van der Waals surface area contributed by atoms with Gasteiger partial charge in [0.2, 0.25) is 0 Å². The van der Waals surface area contributed by atoms with Gasteiger partial charge in [-0.2, -0.15) is 0 Å². The van der Waals surface area contributed by atoms with E-state index in [0.717, 1.165) is 12.8 Å². The molecule has 14 heavy (non-hydrogen) atoms. The fraction of sp³-hybridized carbons (Fsp3) is 0.846. The summed E-state index contributed by atoms with van der Waals surface area (Å²) >= 11 is 0. The van der Waals surface area contributed by atoms with Crippen molar-refractivity contribution in [1.82, 2.24) is 0 Å². The smallest absolute Gasteiger partial charge is 0.0123 e. The average molecular weight is 197 g/mol. The summed E-state index contributed by atoms with van der Waals surface area (Å²) in [7, 11) is 0. The van der Waals surface area contributed by atoms with Crippen LogP contribution in [-0.4, -0.2) is 5.54 Å². The maximum Gasteiger partial charge on any atom is 0.0123 e. The van der Waals surface area contributed by atoms with Crippen LogP contribution in [0.3, 0.4) is 0 Å². The minimum atomic E-state index is 0.0213. The second-order valence-electron chi connectivity index (χ2n) is 4.68. The molecule has 0 aliphatic carbocycles. The standard InChI is InChI=1S/C13H27N/c1-5-8-9-12(6-2)10-11-13(4,14)7-3/h6,12H,2,5,7-11,14H2,1,3-4H3. The molecule has 0 radical (unpaired) electrons. The fourth-order valence-corrected chi connectivity index (χ4v) is 1.54. The monoisotopic (exact) mass is 197 g/mol. The van der Waals surface area contributed by atoms with E-state index >= 15 is 0 Å². The summed E-state index contributed by atoms with van der Waals surface area (Å²) in [6.07, 6.45) is 9.34. The zero-order chi connectivity index (χ0) is 11.0. The Morgan fingerprint density at radius 1 is 1.36 bits per heavy atom. The number of hydrogen-bond acceptors (Lipinski definition) is 1. The van der Waals surface area contributed by atoms with Crippen LogP contribution in [0.25, 0.3) is 0 Å². The second kappa shape index (κ2) is 7.05. The third kappa shape index (κ3) is 6.20. The van der Waals surface area contributed by atoms with E-state index in [1.807, 2.05) is 0 Å². The molecule has 0 aliphatic heterocycles. The molecule has 0 saturated heterocycles. The van der Waals surface area contributed by atoms with E-state index in [-0.39, 0.29) is 5.54 Å². The quantitative estimate of drug-likeness (QED) is 0.587. The highest BCUT2D eigenvalue weighted by Gasteiger charge is 2.16. The number of rotatable bonds is 8. The molecule has 0 saturated carbocycles. The molecule has 1 nitrogen and oxygen atoms in total. The first-order valence-corrected chi connectivity index (χ1v) is 5.97. The highest BCUT2D eigenvalue weighted by molar-refractivity contribution is 4.84. The molecule has 0 heterocycles. The van der Waals surface area contributed by atoms with Crippen LogP contribution in [0.5, 0.6) is 0 Å². The predicted octanol–water partition coefficient (Wildman–Crippen LogP) is 3.89. The Hall–Kier alpha value is -0.300. The van der Waals surface area contributed by atoms with Crippen molar-refractivity contribution >= 4 is 0 Å². The number of unbranched alkanes of at least 4 members (excludes halogenated alkanes) is 1. The van der Waals surface area contributed by atoms with Crippen molar-refractivity contribution in [3.63, 3.8) is 0 Å². The molecule has 84 valence electrons. The van der Waals surface area contributed by atoms with Gasteiger partial charge in [-0.05, 0) is 38.5 Å². The molecule has 0 aromatic rings. The lowest BCUT2D eigenvalue weighted by Crippen LogP contribution is -2.35. The van der Waals surface area contributed by atoms with E-state index in [1.165, 1.54) is 25.7 Å². The molecule has 0 aliphatic rings. The van der Waals surface area contributed by atoms with Gasteiger partial charge in [0.05, 0.1) is 0 Å². The normalized spacial score (nSPS) is 17.4. The Kier molecular flexibility index (Phi) is 6.90. The Morgan fingerprint density at radius 2 is 2.00 bits per heavy atom. The maximum atomic E-state index is 6.11. The molecule has 0 rings (SSSR count). The Bertz CT molecular complexity index is 149. The van der Waals surface area contributed by atoms with E-state index in [9.17, 15) is 0 Å². The molecule has 2 atom stereocenters. The van der Waals surface area contributed by atoms with E-state index in [4.69, 9.17) is 5.73 Å². The van der Waals surface area contributed by atoms with Crippen molar-refractivity contribution in [2.24, 2.45) is 11.7 Å². The minimum absolute atomic E-state index is 0.0213. The lowest BCUT2D eigenvalue weighted by atomic mass is 9.87. The zero-order valence-corrected chi connectivity index (χ0v) is 10.2. The van der Waals surface area contributed by atoms with Crippen LogP contribution in [-0.2, 0) is 0 Å². The lowest BCUT2D eigenvalue weighted by molar-refractivity contribution is 0.367. The molecule has 2 unspecified atom stereocenters. The Labute approximate surface area is 89.8 Å². The maximum absolute atomic E-state index is 6.11. The summed E-state index contributed by atoms with van der Waals surface area (Å²) in [5.41, 5.74) is 6.13. The van der Waals surface area contributed by atoms with Crippen molar-refractivity contribution in [1.29, 1.82) is 0 Å². The summed E-state index contributed by atoms with van der Waals surface area (Å²) < 4.78 is 0. The lowest BCUT2D eigenvalue weighted by Gasteiger charge is -2.24. The molecule has 1 heteroatoms. The molecule has 0 aromatic heterocycles. The molecule has 0 aromatic carbocycles. The summed E-state index contributed by atoms with van der Waals surface area (Å²) in [5.74, 6) is 0.671. The van der Waals surface area contributed by atoms with Gasteiger partial charge in [0, 0.05) is 5.54 Å². The van der Waals surface area contributed by atoms with Crippen LogP contribution in [0, 0.1) is 5.92 Å². The van der Waals surface area contributed by atoms with Crippen molar-refractivity contribution in [2.75, 3.05) is 0 Å². The fourth-order valence-electron chi connectivity index (χ4n) is 1.54. The van der Waals surface area contributed by atoms with Gasteiger partial charge in [0.1, 0.15) is 0 Å². The largest absolute Gasteiger partial charge is 0.325 e. The van der Waals surface area contributed by atoms with Crippen LogP contribution >= 0.6 is 0 Å². The van der Waals surface area contributed by atoms with Crippen LogP contribution in [0.1, 0.15) is 59.3 Å². The first-order chi connectivity index (χ1) is 6.55. The van der Waals surface area contributed by atoms with E-state index < -0.39 is 0 Å². The Morgan fingerprint density at radius 3 is 2.43 bits per heavy atom. The van der Waals surface area contributed by atoms with Crippen LogP contribution in [0.4, 0.5) is 0 Å². The molecule has 0 amide bonds. The summed E-state index contributed by atoms with van der Waals surface area (Å²) in [4.78, 5) is 0. The molecule has 0 fully saturated rings. The van der Waals surface area contributed by atoms with E-state index in [0.29, 0.717) is 5.92 Å². The second-order valence-corrected chi connectivity index (χ2v) is 4.68. The summed E-state index contributed by atoms with van der Waals surface area (Å²) in [5, 5.41) is 0. The molecule has 2 N–H and O–H groups in total. The third-order valence-corrected chi connectivity index (χ3v) is 3.16. The molecule has 0 bridgehead atoms. The number of hydrogen-bond donors (Lipinski definition) is 1. The topological polar surface area (TPSA) is 26.0 Å². The van der Waals surface area contributed by atoms with Gasteiger partial charge in [-0.3, -0.25) is 0 Å². The van der Waals surface area contributed by atoms with Crippen LogP contribution in [0.15, 0.2) is 12.7 Å². The van der Waals surface area contributed by atoms with Gasteiger partial charge in [-0.15, -0.1) is 6.58 Å². The van der Waals surface area contributed by atoms with Crippen molar-refractivity contribution < 1.29 is 0 Å². The van der Waals surface area contributed by atoms with Crippen molar-refractivity contribution in [3.8, 4) is 0 Å². The highest BCUT2D eigenvalue weighted by Crippen LogP contribution is 2.21. The summed E-state index contributed by atoms with van der Waals surface area (Å²) in [6, 6.07) is 0. The van der Waals surface area contributed by atoms with E-state index in [1.54, 1.807) is 0 Å². The van der Waals surface area contributed by atoms with Crippen LogP contribution < -0.4 is 5.73 Å². The van der Waals surface area contributed by atoms with Crippen molar-refractivity contribution in [3.05, 3.63) is 12.7 Å². The first kappa shape index (κ1) is 13.7. The third-order valence-electron chi connectivity index (χ3n) is 3.16. The minimum Gasteiger partial charge on any atom is -0.325 e. The number of nitrogens with two attached hydrogens (primary N) is 1. The van der Waals surface area contributed by atoms with E-state index in [2.05, 4.69) is 33.4 Å². The average Bonchev–Trinajstić information content (AvgIpc) is 2.18. The van der Waals surface area contributed by atoms with Gasteiger partial charge in [0.15, 0.2) is 0 Å². The Balaban J connectivity index is 3.77. The number of allylic oxidation sites excluding steroid dienone is 1. The van der Waals surface area contributed by atoms with Crippen LogP contribution in [0.2, 0.25) is 0 Å².